The van der Waals surface area contributed by atoms with E-state index in [9.17, 15) is 0 Å². The molecule has 3 nitrogen and oxygen atoms in total. The monoisotopic (exact) mass is 377 g/mol. The number of nitrogens with one attached hydrogen (secondary N) is 1. The number of ether oxygens (including phenoxy) is 2. The van der Waals surface area contributed by atoms with Crippen molar-refractivity contribution in [3.63, 3.8) is 0 Å². The summed E-state index contributed by atoms with van der Waals surface area (Å²) >= 11 is 0. The third-order valence-corrected chi connectivity index (χ3v) is 4.52. The molecule has 1 N–H and O–H groups in total. The Morgan fingerprint density at radius 2 is 1.70 bits per heavy atom. The summed E-state index contributed by atoms with van der Waals surface area (Å²) < 4.78 is 10.8. The van der Waals surface area contributed by atoms with Gasteiger partial charge in [0.1, 0.15) is 0 Å². The highest BCUT2D eigenvalue weighted by molar-refractivity contribution is 8.93. The molecule has 0 bridgehead atoms. The standard InChI is InChI=1S/C19H23NO2.BrH/c1-21-18-9-8-15(11-19(18)22-2)17-13-20-12-16(17)10-14-6-4-3-5-7-14;/h3-9,11,16-17,20H,10,12-13H2,1-2H3;1H. The fourth-order valence-corrected chi connectivity index (χ4v) is 3.34. The minimum absolute atomic E-state index is 0. The largest absolute Gasteiger partial charge is 0.493 e. The van der Waals surface area contributed by atoms with Crippen molar-refractivity contribution in [2.45, 2.75) is 12.3 Å². The number of benzene rings is 2. The van der Waals surface area contributed by atoms with E-state index >= 15 is 0 Å². The van der Waals surface area contributed by atoms with Crippen LogP contribution in [-0.2, 0) is 6.42 Å². The highest BCUT2D eigenvalue weighted by atomic mass is 79.9. The third kappa shape index (κ3) is 4.06. The van der Waals surface area contributed by atoms with Gasteiger partial charge in [-0.3, -0.25) is 0 Å². The lowest BCUT2D eigenvalue weighted by atomic mass is 9.84. The number of halogens is 1. The first-order chi connectivity index (χ1) is 10.8. The summed E-state index contributed by atoms with van der Waals surface area (Å²) in [5.41, 5.74) is 2.73. The van der Waals surface area contributed by atoms with Gasteiger partial charge in [0.15, 0.2) is 11.5 Å². The van der Waals surface area contributed by atoms with Crippen molar-refractivity contribution in [1.82, 2.24) is 5.32 Å². The average Bonchev–Trinajstić information content (AvgIpc) is 3.03. The molecule has 0 spiro atoms. The van der Waals surface area contributed by atoms with E-state index in [-0.39, 0.29) is 17.0 Å². The van der Waals surface area contributed by atoms with Gasteiger partial charge in [0, 0.05) is 12.5 Å². The van der Waals surface area contributed by atoms with Crippen molar-refractivity contribution >= 4 is 17.0 Å². The maximum Gasteiger partial charge on any atom is 0.160 e. The maximum atomic E-state index is 5.44. The van der Waals surface area contributed by atoms with Gasteiger partial charge in [-0.1, -0.05) is 36.4 Å². The zero-order valence-corrected chi connectivity index (χ0v) is 15.3. The smallest absolute Gasteiger partial charge is 0.160 e. The molecular weight excluding hydrogens is 354 g/mol. The molecule has 0 radical (unpaired) electrons. The maximum absolute atomic E-state index is 5.44. The van der Waals surface area contributed by atoms with Crippen LogP contribution >= 0.6 is 17.0 Å². The second-order valence-electron chi connectivity index (χ2n) is 5.83. The first kappa shape index (κ1) is 17.8. The van der Waals surface area contributed by atoms with Crippen molar-refractivity contribution in [2.24, 2.45) is 5.92 Å². The number of rotatable bonds is 5. The zero-order valence-electron chi connectivity index (χ0n) is 13.6. The molecule has 23 heavy (non-hydrogen) atoms. The van der Waals surface area contributed by atoms with E-state index in [4.69, 9.17) is 9.47 Å². The van der Waals surface area contributed by atoms with E-state index in [1.54, 1.807) is 14.2 Å². The molecule has 1 heterocycles. The van der Waals surface area contributed by atoms with Crippen molar-refractivity contribution in [2.75, 3.05) is 27.3 Å². The van der Waals surface area contributed by atoms with Crippen molar-refractivity contribution in [3.05, 3.63) is 59.7 Å². The summed E-state index contributed by atoms with van der Waals surface area (Å²) in [6.07, 6.45) is 1.10. The lowest BCUT2D eigenvalue weighted by Gasteiger charge is -2.20. The fraction of sp³-hybridized carbons (Fsp3) is 0.368. The van der Waals surface area contributed by atoms with Crippen LogP contribution in [0.4, 0.5) is 0 Å². The van der Waals surface area contributed by atoms with Crippen molar-refractivity contribution < 1.29 is 9.47 Å². The third-order valence-electron chi connectivity index (χ3n) is 4.52. The zero-order chi connectivity index (χ0) is 15.4. The molecular formula is C19H24BrNO2. The van der Waals surface area contributed by atoms with E-state index in [0.29, 0.717) is 11.8 Å². The van der Waals surface area contributed by atoms with Gasteiger partial charge in [-0.15, -0.1) is 17.0 Å². The van der Waals surface area contributed by atoms with E-state index in [1.165, 1.54) is 11.1 Å². The molecule has 1 saturated heterocycles. The molecule has 2 atom stereocenters. The molecule has 3 rings (SSSR count). The van der Waals surface area contributed by atoms with Crippen molar-refractivity contribution in [1.29, 1.82) is 0 Å². The molecule has 1 aliphatic heterocycles. The summed E-state index contributed by atoms with van der Waals surface area (Å²) in [5.74, 6) is 2.72. The summed E-state index contributed by atoms with van der Waals surface area (Å²) in [5, 5.41) is 3.54. The van der Waals surface area contributed by atoms with Gasteiger partial charge < -0.3 is 14.8 Å². The second-order valence-corrected chi connectivity index (χ2v) is 5.83. The number of hydrogen-bond acceptors (Lipinski definition) is 3. The van der Waals surface area contributed by atoms with Crippen LogP contribution in [0.1, 0.15) is 17.0 Å². The van der Waals surface area contributed by atoms with Gasteiger partial charge in [0.05, 0.1) is 14.2 Å². The molecule has 2 aromatic carbocycles. The minimum atomic E-state index is 0. The molecule has 0 saturated carbocycles. The van der Waals surface area contributed by atoms with Crippen LogP contribution in [0.25, 0.3) is 0 Å². The molecule has 1 fully saturated rings. The SMILES string of the molecule is Br.COc1ccc(C2CNCC2Cc2ccccc2)cc1OC. The summed E-state index contributed by atoms with van der Waals surface area (Å²) in [6.45, 7) is 2.08. The van der Waals surface area contributed by atoms with Crippen LogP contribution in [0.15, 0.2) is 48.5 Å². The second kappa shape index (κ2) is 8.37. The highest BCUT2D eigenvalue weighted by Crippen LogP contribution is 2.36. The van der Waals surface area contributed by atoms with Crippen LogP contribution in [0.5, 0.6) is 11.5 Å². The fourth-order valence-electron chi connectivity index (χ4n) is 3.34. The molecule has 2 aromatic rings. The van der Waals surface area contributed by atoms with Gasteiger partial charge in [0.2, 0.25) is 0 Å². The first-order valence-corrected chi connectivity index (χ1v) is 7.78. The molecule has 0 aliphatic carbocycles. The molecule has 1 aliphatic rings. The molecule has 0 amide bonds. The Bertz CT molecular complexity index is 618. The predicted octanol–water partition coefficient (Wildman–Crippen LogP) is 3.83. The van der Waals surface area contributed by atoms with Crippen LogP contribution in [0, 0.1) is 5.92 Å². The van der Waals surface area contributed by atoms with E-state index < -0.39 is 0 Å². The van der Waals surface area contributed by atoms with E-state index in [1.807, 2.05) is 6.07 Å². The van der Waals surface area contributed by atoms with Gasteiger partial charge in [-0.2, -0.15) is 0 Å². The Morgan fingerprint density at radius 3 is 2.39 bits per heavy atom. The Morgan fingerprint density at radius 1 is 0.957 bits per heavy atom. The Labute approximate surface area is 148 Å². The van der Waals surface area contributed by atoms with Gasteiger partial charge >= 0.3 is 0 Å². The molecule has 0 aromatic heterocycles. The van der Waals surface area contributed by atoms with Gasteiger partial charge in [-0.25, -0.2) is 0 Å². The normalized spacial score (nSPS) is 19.9. The number of hydrogen-bond donors (Lipinski definition) is 1. The summed E-state index contributed by atoms with van der Waals surface area (Å²) in [6, 6.07) is 17.0. The van der Waals surface area contributed by atoms with Crippen LogP contribution in [0.2, 0.25) is 0 Å². The molecule has 2 unspecified atom stereocenters. The Balaban J connectivity index is 0.00000192. The quantitative estimate of drug-likeness (QED) is 0.858. The van der Waals surface area contributed by atoms with Crippen molar-refractivity contribution in [3.8, 4) is 11.5 Å². The Hall–Kier alpha value is -1.52. The van der Waals surface area contributed by atoms with Crippen LogP contribution in [-0.4, -0.2) is 27.3 Å². The molecule has 124 valence electrons. The van der Waals surface area contributed by atoms with E-state index in [2.05, 4.69) is 47.8 Å². The lowest BCUT2D eigenvalue weighted by molar-refractivity contribution is 0.354. The average molecular weight is 378 g/mol. The number of methoxy groups -OCH3 is 2. The Kier molecular flexibility index (Phi) is 6.48. The lowest BCUT2D eigenvalue weighted by Crippen LogP contribution is -2.14. The van der Waals surface area contributed by atoms with Gasteiger partial charge in [-0.05, 0) is 42.1 Å². The molecule has 4 heteroatoms. The summed E-state index contributed by atoms with van der Waals surface area (Å²) in [4.78, 5) is 0. The van der Waals surface area contributed by atoms with E-state index in [0.717, 1.165) is 31.0 Å². The first-order valence-electron chi connectivity index (χ1n) is 7.78. The highest BCUT2D eigenvalue weighted by Gasteiger charge is 2.29. The van der Waals surface area contributed by atoms with Crippen LogP contribution < -0.4 is 14.8 Å². The predicted molar refractivity (Wildman–Crippen MR) is 99.1 cm³/mol. The topological polar surface area (TPSA) is 30.5 Å². The summed E-state index contributed by atoms with van der Waals surface area (Å²) in [7, 11) is 3.36. The van der Waals surface area contributed by atoms with Gasteiger partial charge in [0.25, 0.3) is 0 Å². The minimum Gasteiger partial charge on any atom is -0.493 e. The van der Waals surface area contributed by atoms with Crippen LogP contribution in [0.3, 0.4) is 0 Å².